The van der Waals surface area contributed by atoms with Gasteiger partial charge in [-0.3, -0.25) is 9.59 Å². The third-order valence-corrected chi connectivity index (χ3v) is 4.89. The topological polar surface area (TPSA) is 101 Å². The summed E-state index contributed by atoms with van der Waals surface area (Å²) < 4.78 is 11.0. The summed E-state index contributed by atoms with van der Waals surface area (Å²) in [6.07, 6.45) is 1.51. The predicted octanol–water partition coefficient (Wildman–Crippen LogP) is 3.80. The number of carbonyl (C=O) groups is 2. The predicted molar refractivity (Wildman–Crippen MR) is 128 cm³/mol. The van der Waals surface area contributed by atoms with Crippen LogP contribution in [0, 0.1) is 6.92 Å². The molecule has 0 unspecified atom stereocenters. The van der Waals surface area contributed by atoms with E-state index in [4.69, 9.17) is 9.47 Å². The number of rotatable bonds is 7. The van der Waals surface area contributed by atoms with Crippen LogP contribution in [0.1, 0.15) is 16.7 Å². The van der Waals surface area contributed by atoms with Crippen LogP contribution in [0.4, 0.5) is 11.4 Å². The summed E-state index contributed by atoms with van der Waals surface area (Å²) in [7, 11) is 1.51. The van der Waals surface area contributed by atoms with Gasteiger partial charge in [0.05, 0.1) is 19.0 Å². The Labute approximate surface area is 191 Å². The second kappa shape index (κ2) is 9.78. The molecule has 166 valence electrons. The van der Waals surface area contributed by atoms with Crippen molar-refractivity contribution in [3.05, 3.63) is 83.4 Å². The van der Waals surface area contributed by atoms with Gasteiger partial charge in [0.1, 0.15) is 0 Å². The fraction of sp³-hybridized carbons (Fsp3) is 0.120. The molecular formula is C25H22N4O4. The largest absolute Gasteiger partial charge is 0.493 e. The van der Waals surface area contributed by atoms with E-state index in [0.29, 0.717) is 34.0 Å². The molecule has 3 aromatic rings. The highest BCUT2D eigenvalue weighted by Gasteiger charge is 2.25. The molecule has 1 aliphatic heterocycles. The summed E-state index contributed by atoms with van der Waals surface area (Å²) in [5.74, 6) is 0.291. The Hall–Kier alpha value is -4.46. The number of benzene rings is 3. The zero-order valence-electron chi connectivity index (χ0n) is 18.2. The van der Waals surface area contributed by atoms with Crippen molar-refractivity contribution in [2.24, 2.45) is 10.2 Å². The molecule has 0 saturated carbocycles. The highest BCUT2D eigenvalue weighted by molar-refractivity contribution is 6.53. The minimum absolute atomic E-state index is 0.167. The number of aryl methyl sites for hydroxylation is 1. The number of hydrogen-bond donors (Lipinski definition) is 2. The lowest BCUT2D eigenvalue weighted by molar-refractivity contribution is -0.118. The van der Waals surface area contributed by atoms with Crippen molar-refractivity contribution in [1.82, 2.24) is 0 Å². The van der Waals surface area contributed by atoms with Gasteiger partial charge in [-0.15, -0.1) is 5.10 Å². The van der Waals surface area contributed by atoms with Crippen molar-refractivity contribution in [3.8, 4) is 11.5 Å². The summed E-state index contributed by atoms with van der Waals surface area (Å²) in [6, 6.07) is 19.9. The van der Waals surface area contributed by atoms with Crippen molar-refractivity contribution in [1.29, 1.82) is 0 Å². The molecule has 2 N–H and O–H groups in total. The Morgan fingerprint density at radius 2 is 1.85 bits per heavy atom. The van der Waals surface area contributed by atoms with E-state index in [1.807, 2.05) is 55.5 Å². The molecule has 33 heavy (non-hydrogen) atoms. The van der Waals surface area contributed by atoms with Crippen LogP contribution in [0.15, 0.2) is 76.9 Å². The van der Waals surface area contributed by atoms with Gasteiger partial charge < -0.3 is 20.1 Å². The standard InChI is InChI=1S/C25H22N4O4/c1-16-7-10-18(11-8-16)27-23(30)15-33-21-12-9-17(13-22(21)32-2)14-26-29-24-19-5-3-4-6-20(19)28-25(24)31/h3-14H,15H2,1-2H3,(H,27,30)(H,28,29,31)/b26-14+. The van der Waals surface area contributed by atoms with E-state index in [0.717, 1.165) is 5.56 Å². The van der Waals surface area contributed by atoms with E-state index in [9.17, 15) is 9.59 Å². The third kappa shape index (κ3) is 5.24. The molecular weight excluding hydrogens is 420 g/mol. The first kappa shape index (κ1) is 21.8. The zero-order valence-corrected chi connectivity index (χ0v) is 18.2. The molecule has 0 aromatic heterocycles. The van der Waals surface area contributed by atoms with E-state index in [1.54, 1.807) is 18.2 Å². The lowest BCUT2D eigenvalue weighted by Crippen LogP contribution is -2.20. The van der Waals surface area contributed by atoms with Gasteiger partial charge in [-0.05, 0) is 48.9 Å². The number of hydrogen-bond acceptors (Lipinski definition) is 6. The number of nitrogens with zero attached hydrogens (tertiary/aromatic N) is 2. The van der Waals surface area contributed by atoms with Gasteiger partial charge in [0.25, 0.3) is 11.8 Å². The van der Waals surface area contributed by atoms with Gasteiger partial charge in [0.2, 0.25) is 0 Å². The molecule has 8 heteroatoms. The fourth-order valence-electron chi connectivity index (χ4n) is 3.22. The van der Waals surface area contributed by atoms with Gasteiger partial charge in [-0.2, -0.15) is 5.10 Å². The Bertz CT molecular complexity index is 1250. The highest BCUT2D eigenvalue weighted by atomic mass is 16.5. The van der Waals surface area contributed by atoms with E-state index >= 15 is 0 Å². The molecule has 8 nitrogen and oxygen atoms in total. The van der Waals surface area contributed by atoms with Crippen LogP contribution in [0.2, 0.25) is 0 Å². The van der Waals surface area contributed by atoms with Crippen LogP contribution in [0.3, 0.4) is 0 Å². The molecule has 0 saturated heterocycles. The van der Waals surface area contributed by atoms with Gasteiger partial charge >= 0.3 is 0 Å². The van der Waals surface area contributed by atoms with Gasteiger partial charge in [0, 0.05) is 11.3 Å². The normalized spacial score (nSPS) is 13.6. The van der Waals surface area contributed by atoms with Crippen LogP contribution < -0.4 is 20.1 Å². The number of ether oxygens (including phenoxy) is 2. The minimum Gasteiger partial charge on any atom is -0.493 e. The Morgan fingerprint density at radius 3 is 2.64 bits per heavy atom. The molecule has 0 aliphatic carbocycles. The number of fused-ring (bicyclic) bond motifs is 1. The Balaban J connectivity index is 1.40. The number of amides is 2. The summed E-state index contributed by atoms with van der Waals surface area (Å²) in [5, 5.41) is 13.6. The Morgan fingerprint density at radius 1 is 1.06 bits per heavy atom. The number of para-hydroxylation sites is 1. The van der Waals surface area contributed by atoms with Gasteiger partial charge in [-0.25, -0.2) is 0 Å². The first-order valence-electron chi connectivity index (χ1n) is 10.2. The molecule has 2 amide bonds. The molecule has 0 bridgehead atoms. The van der Waals surface area contributed by atoms with Crippen molar-refractivity contribution in [2.75, 3.05) is 24.4 Å². The average Bonchev–Trinajstić information content (AvgIpc) is 3.14. The van der Waals surface area contributed by atoms with Gasteiger partial charge in [0.15, 0.2) is 23.8 Å². The van der Waals surface area contributed by atoms with E-state index in [2.05, 4.69) is 20.8 Å². The first-order valence-corrected chi connectivity index (χ1v) is 10.2. The smallest absolute Gasteiger partial charge is 0.276 e. The maximum Gasteiger partial charge on any atom is 0.276 e. The van der Waals surface area contributed by atoms with Crippen molar-refractivity contribution in [2.45, 2.75) is 6.92 Å². The second-order valence-corrected chi connectivity index (χ2v) is 7.31. The molecule has 0 atom stereocenters. The van der Waals surface area contributed by atoms with E-state index in [-0.39, 0.29) is 24.1 Å². The monoisotopic (exact) mass is 442 g/mol. The van der Waals surface area contributed by atoms with Crippen molar-refractivity contribution < 1.29 is 19.1 Å². The second-order valence-electron chi connectivity index (χ2n) is 7.31. The molecule has 0 spiro atoms. The SMILES string of the molecule is COc1cc(/C=N/N=C2/C(=O)Nc3ccccc32)ccc1OCC(=O)Nc1ccc(C)cc1. The molecule has 1 heterocycles. The highest BCUT2D eigenvalue weighted by Crippen LogP contribution is 2.28. The molecule has 1 aliphatic rings. The van der Waals surface area contributed by atoms with Crippen molar-refractivity contribution in [3.63, 3.8) is 0 Å². The maximum absolute atomic E-state index is 12.2. The van der Waals surface area contributed by atoms with E-state index in [1.165, 1.54) is 13.3 Å². The third-order valence-electron chi connectivity index (χ3n) is 4.89. The lowest BCUT2D eigenvalue weighted by Gasteiger charge is -2.11. The molecule has 4 rings (SSSR count). The van der Waals surface area contributed by atoms with Crippen LogP contribution in [-0.4, -0.2) is 37.5 Å². The number of methoxy groups -OCH3 is 1. The van der Waals surface area contributed by atoms with Crippen LogP contribution in [-0.2, 0) is 9.59 Å². The summed E-state index contributed by atoms with van der Waals surface area (Å²) >= 11 is 0. The average molecular weight is 442 g/mol. The number of nitrogens with one attached hydrogen (secondary N) is 2. The van der Waals surface area contributed by atoms with Crippen LogP contribution in [0.25, 0.3) is 0 Å². The summed E-state index contributed by atoms with van der Waals surface area (Å²) in [6.45, 7) is 1.81. The number of anilines is 2. The maximum atomic E-state index is 12.2. The summed E-state index contributed by atoms with van der Waals surface area (Å²) in [4.78, 5) is 24.3. The summed E-state index contributed by atoms with van der Waals surface area (Å²) in [5.41, 5.74) is 4.19. The first-order chi connectivity index (χ1) is 16.0. The van der Waals surface area contributed by atoms with E-state index < -0.39 is 0 Å². The lowest BCUT2D eigenvalue weighted by atomic mass is 10.1. The quantitative estimate of drug-likeness (QED) is 0.429. The zero-order chi connectivity index (χ0) is 23.2. The van der Waals surface area contributed by atoms with Crippen molar-refractivity contribution >= 4 is 35.1 Å². The number of carbonyl (C=O) groups excluding carboxylic acids is 2. The molecule has 0 radical (unpaired) electrons. The van der Waals surface area contributed by atoms with Gasteiger partial charge in [-0.1, -0.05) is 35.9 Å². The molecule has 0 fully saturated rings. The van der Waals surface area contributed by atoms with Crippen LogP contribution in [0.5, 0.6) is 11.5 Å². The minimum atomic E-state index is -0.293. The van der Waals surface area contributed by atoms with Crippen LogP contribution >= 0.6 is 0 Å². The molecule has 3 aromatic carbocycles. The Kier molecular flexibility index (Phi) is 6.45. The fourth-order valence-corrected chi connectivity index (χ4v) is 3.22.